The van der Waals surface area contributed by atoms with Gasteiger partial charge < -0.3 is 10.2 Å². The molecule has 3 aromatic carbocycles. The van der Waals surface area contributed by atoms with Crippen LogP contribution in [0.3, 0.4) is 0 Å². The zero-order chi connectivity index (χ0) is 27.0. The highest BCUT2D eigenvalue weighted by atomic mass is 79.9. The summed E-state index contributed by atoms with van der Waals surface area (Å²) >= 11 is 3.42. The summed E-state index contributed by atoms with van der Waals surface area (Å²) in [4.78, 5) is 27.8. The van der Waals surface area contributed by atoms with Crippen LogP contribution < -0.4 is 9.62 Å². The Balaban J connectivity index is 1.99. The Morgan fingerprint density at radius 3 is 2.30 bits per heavy atom. The molecule has 0 bridgehead atoms. The largest absolute Gasteiger partial charge is 0.354 e. The van der Waals surface area contributed by atoms with E-state index in [1.807, 2.05) is 31.2 Å². The van der Waals surface area contributed by atoms with E-state index in [0.717, 1.165) is 45.0 Å². The van der Waals surface area contributed by atoms with Crippen LogP contribution in [0.5, 0.6) is 0 Å². The Hall–Kier alpha value is -3.24. The zero-order valence-electron chi connectivity index (χ0n) is 20.6. The molecule has 0 aliphatic heterocycles. The summed E-state index contributed by atoms with van der Waals surface area (Å²) in [5, 5.41) is 2.80. The number of nitrogens with zero attached hydrogens (tertiary/aromatic N) is 2. The van der Waals surface area contributed by atoms with Crippen LogP contribution in [0.2, 0.25) is 0 Å². The van der Waals surface area contributed by atoms with Crippen LogP contribution >= 0.6 is 15.9 Å². The van der Waals surface area contributed by atoms with Crippen LogP contribution in [0.15, 0.2) is 88.2 Å². The van der Waals surface area contributed by atoms with Crippen LogP contribution in [0.25, 0.3) is 0 Å². The first kappa shape index (κ1) is 28.3. The normalized spacial score (nSPS) is 12.0. The van der Waals surface area contributed by atoms with Gasteiger partial charge in [0.2, 0.25) is 11.8 Å². The number of rotatable bonds is 11. The average Bonchev–Trinajstić information content (AvgIpc) is 2.89. The summed E-state index contributed by atoms with van der Waals surface area (Å²) in [5.74, 6) is -1.47. The fraction of sp³-hybridized carbons (Fsp3) is 0.259. The van der Waals surface area contributed by atoms with Crippen molar-refractivity contribution in [2.24, 2.45) is 0 Å². The lowest BCUT2D eigenvalue weighted by Crippen LogP contribution is -2.51. The number of carbonyl (C=O) groups excluding carboxylic acids is 2. The van der Waals surface area contributed by atoms with Crippen molar-refractivity contribution in [1.29, 1.82) is 0 Å². The molecular formula is C27H29BrFN3O4S. The van der Waals surface area contributed by atoms with E-state index < -0.39 is 34.3 Å². The maximum Gasteiger partial charge on any atom is 0.264 e. The maximum atomic E-state index is 13.7. The van der Waals surface area contributed by atoms with E-state index in [-0.39, 0.29) is 23.0 Å². The number of para-hydroxylation sites is 1. The number of benzene rings is 3. The summed E-state index contributed by atoms with van der Waals surface area (Å²) in [5.41, 5.74) is 1.04. The summed E-state index contributed by atoms with van der Waals surface area (Å²) in [6.07, 6.45) is 0.732. The molecule has 0 spiro atoms. The van der Waals surface area contributed by atoms with Gasteiger partial charge in [0.15, 0.2) is 0 Å². The Kier molecular flexibility index (Phi) is 9.82. The number of hydrogen-bond donors (Lipinski definition) is 1. The fourth-order valence-electron chi connectivity index (χ4n) is 3.67. The lowest BCUT2D eigenvalue weighted by atomic mass is 10.1. The van der Waals surface area contributed by atoms with Gasteiger partial charge in [-0.05, 0) is 67.4 Å². The average molecular weight is 591 g/mol. The summed E-state index contributed by atoms with van der Waals surface area (Å²) in [7, 11) is -4.23. The molecule has 0 aromatic heterocycles. The van der Waals surface area contributed by atoms with Crippen molar-refractivity contribution < 1.29 is 22.4 Å². The van der Waals surface area contributed by atoms with Crippen molar-refractivity contribution in [3.05, 3.63) is 94.7 Å². The van der Waals surface area contributed by atoms with Gasteiger partial charge in [0.1, 0.15) is 18.4 Å². The van der Waals surface area contributed by atoms with Crippen LogP contribution in [-0.2, 0) is 26.2 Å². The zero-order valence-corrected chi connectivity index (χ0v) is 23.0. The van der Waals surface area contributed by atoms with Crippen molar-refractivity contribution in [2.75, 3.05) is 17.4 Å². The topological polar surface area (TPSA) is 86.8 Å². The SMILES string of the molecule is CCCNC(=O)[C@@H](C)N(Cc1cccc(Br)c1)C(=O)CN(c1ccccc1)S(=O)(=O)c1ccc(F)cc1. The van der Waals surface area contributed by atoms with E-state index in [1.54, 1.807) is 37.3 Å². The van der Waals surface area contributed by atoms with Crippen LogP contribution in [0.1, 0.15) is 25.8 Å². The van der Waals surface area contributed by atoms with Crippen LogP contribution in [0, 0.1) is 5.82 Å². The van der Waals surface area contributed by atoms with Gasteiger partial charge in [-0.2, -0.15) is 0 Å². The molecule has 3 rings (SSSR count). The molecule has 7 nitrogen and oxygen atoms in total. The lowest BCUT2D eigenvalue weighted by Gasteiger charge is -2.32. The predicted molar refractivity (Wildman–Crippen MR) is 145 cm³/mol. The number of halogens is 2. The highest BCUT2D eigenvalue weighted by Gasteiger charge is 2.32. The number of amides is 2. The van der Waals surface area contributed by atoms with Crippen LogP contribution in [-0.4, -0.2) is 44.3 Å². The minimum absolute atomic E-state index is 0.0954. The highest BCUT2D eigenvalue weighted by Crippen LogP contribution is 2.25. The number of nitrogens with one attached hydrogen (secondary N) is 1. The maximum absolute atomic E-state index is 13.7. The molecule has 0 fully saturated rings. The molecule has 37 heavy (non-hydrogen) atoms. The minimum Gasteiger partial charge on any atom is -0.354 e. The van der Waals surface area contributed by atoms with Gasteiger partial charge in [-0.25, -0.2) is 12.8 Å². The molecule has 1 N–H and O–H groups in total. The third-order valence-electron chi connectivity index (χ3n) is 5.68. The third kappa shape index (κ3) is 7.39. The van der Waals surface area contributed by atoms with Crippen molar-refractivity contribution in [2.45, 2.75) is 37.8 Å². The summed E-state index contributed by atoms with van der Waals surface area (Å²) in [6.45, 7) is 3.54. The Bertz CT molecular complexity index is 1320. The molecule has 0 saturated carbocycles. The molecule has 2 amide bonds. The second-order valence-corrected chi connectivity index (χ2v) is 11.2. The molecule has 0 unspecified atom stereocenters. The van der Waals surface area contributed by atoms with Gasteiger partial charge in [-0.3, -0.25) is 13.9 Å². The Labute approximate surface area is 225 Å². The van der Waals surface area contributed by atoms with Gasteiger partial charge in [0.25, 0.3) is 10.0 Å². The van der Waals surface area contributed by atoms with Gasteiger partial charge in [0, 0.05) is 17.6 Å². The van der Waals surface area contributed by atoms with Crippen molar-refractivity contribution in [3.63, 3.8) is 0 Å². The second-order valence-electron chi connectivity index (χ2n) is 8.42. The summed E-state index contributed by atoms with van der Waals surface area (Å²) < 4.78 is 42.5. The van der Waals surface area contributed by atoms with Crippen molar-refractivity contribution in [1.82, 2.24) is 10.2 Å². The smallest absolute Gasteiger partial charge is 0.264 e. The number of sulfonamides is 1. The first-order valence-electron chi connectivity index (χ1n) is 11.8. The van der Waals surface area contributed by atoms with E-state index in [9.17, 15) is 22.4 Å². The monoisotopic (exact) mass is 589 g/mol. The van der Waals surface area contributed by atoms with Crippen molar-refractivity contribution >= 4 is 43.5 Å². The number of hydrogen-bond acceptors (Lipinski definition) is 4. The molecule has 0 aliphatic carbocycles. The van der Waals surface area contributed by atoms with Crippen molar-refractivity contribution in [3.8, 4) is 0 Å². The molecule has 1 atom stereocenters. The minimum atomic E-state index is -4.23. The van der Waals surface area contributed by atoms with Gasteiger partial charge in [0.05, 0.1) is 10.6 Å². The first-order valence-corrected chi connectivity index (χ1v) is 14.0. The fourth-order valence-corrected chi connectivity index (χ4v) is 5.53. The Morgan fingerprint density at radius 1 is 1.00 bits per heavy atom. The van der Waals surface area contributed by atoms with E-state index in [1.165, 1.54) is 4.90 Å². The molecule has 196 valence electrons. The van der Waals surface area contributed by atoms with E-state index in [4.69, 9.17) is 0 Å². The van der Waals surface area contributed by atoms with E-state index >= 15 is 0 Å². The molecule has 0 saturated heterocycles. The number of anilines is 1. The van der Waals surface area contributed by atoms with Gasteiger partial charge in [-0.1, -0.05) is 53.2 Å². The van der Waals surface area contributed by atoms with E-state index in [0.29, 0.717) is 6.54 Å². The molecule has 0 aliphatic rings. The number of carbonyl (C=O) groups is 2. The standard InChI is InChI=1S/C27H29BrFN3O4S/c1-3-16-30-27(34)20(2)31(18-21-8-7-9-22(28)17-21)26(33)19-32(24-10-5-4-6-11-24)37(35,36)25-14-12-23(29)13-15-25/h4-15,17,20H,3,16,18-19H2,1-2H3,(H,30,34)/t20-/m1/s1. The molecule has 10 heteroatoms. The van der Waals surface area contributed by atoms with Gasteiger partial charge in [-0.15, -0.1) is 0 Å². The molecule has 0 heterocycles. The van der Waals surface area contributed by atoms with E-state index in [2.05, 4.69) is 21.2 Å². The molecular weight excluding hydrogens is 561 g/mol. The summed E-state index contributed by atoms with van der Waals surface area (Å²) in [6, 6.07) is 19.1. The first-order chi connectivity index (χ1) is 17.6. The highest BCUT2D eigenvalue weighted by molar-refractivity contribution is 9.10. The van der Waals surface area contributed by atoms with Crippen LogP contribution in [0.4, 0.5) is 10.1 Å². The van der Waals surface area contributed by atoms with Gasteiger partial charge >= 0.3 is 0 Å². The molecule has 3 aromatic rings. The predicted octanol–water partition coefficient (Wildman–Crippen LogP) is 4.73. The lowest BCUT2D eigenvalue weighted by molar-refractivity contribution is -0.139. The molecule has 0 radical (unpaired) electrons. The second kappa shape index (κ2) is 12.8. The quantitative estimate of drug-likeness (QED) is 0.350. The third-order valence-corrected chi connectivity index (χ3v) is 7.96. The Morgan fingerprint density at radius 2 is 1.68 bits per heavy atom.